The third-order valence-electron chi connectivity index (χ3n) is 3.20. The van der Waals surface area contributed by atoms with Crippen LogP contribution in [0.1, 0.15) is 21.5 Å². The Kier molecular flexibility index (Phi) is 4.74. The first kappa shape index (κ1) is 18.7. The molecule has 0 fully saturated rings. The minimum Gasteiger partial charge on any atom is -0.493 e. The first-order valence-corrected chi connectivity index (χ1v) is 6.32. The van der Waals surface area contributed by atoms with Gasteiger partial charge in [-0.25, -0.2) is 17.6 Å². The molecule has 0 amide bonds. The molecule has 0 saturated heterocycles. The quantitative estimate of drug-likeness (QED) is 0.447. The van der Waals surface area contributed by atoms with E-state index >= 15 is 0 Å². The van der Waals surface area contributed by atoms with Crippen LogP contribution in [-0.4, -0.2) is 12.9 Å². The van der Waals surface area contributed by atoms with Crippen LogP contribution in [0, 0.1) is 29.1 Å². The van der Waals surface area contributed by atoms with Crippen molar-refractivity contribution in [3.05, 3.63) is 64.0 Å². The summed E-state index contributed by atoms with van der Waals surface area (Å²) >= 11 is 0. The smallest absolute Gasteiger partial charge is 0.419 e. The molecule has 0 aliphatic carbocycles. The Labute approximate surface area is 134 Å². The van der Waals surface area contributed by atoms with Gasteiger partial charge in [-0.15, -0.1) is 0 Å². The Bertz CT molecular complexity index is 858. The summed E-state index contributed by atoms with van der Waals surface area (Å²) in [5.74, 6) is -13.1. The Morgan fingerprint density at radius 3 is 2.00 bits per heavy atom. The third kappa shape index (κ3) is 3.15. The molecular formula is C15H6F8O2. The van der Waals surface area contributed by atoms with Gasteiger partial charge in [0.1, 0.15) is 0 Å². The van der Waals surface area contributed by atoms with Gasteiger partial charge in [0.2, 0.25) is 5.82 Å². The summed E-state index contributed by atoms with van der Waals surface area (Å²) in [6.45, 7) is 0. The summed E-state index contributed by atoms with van der Waals surface area (Å²) in [5, 5.41) is 0. The highest BCUT2D eigenvalue weighted by Gasteiger charge is 2.39. The number of hydrogen-bond donors (Lipinski definition) is 0. The number of alkyl halides is 3. The number of ether oxygens (including phenoxy) is 1. The van der Waals surface area contributed by atoms with E-state index in [1.54, 1.807) is 0 Å². The second-order valence-electron chi connectivity index (χ2n) is 4.68. The van der Waals surface area contributed by atoms with Crippen molar-refractivity contribution < 1.29 is 44.7 Å². The molecule has 0 heterocycles. The van der Waals surface area contributed by atoms with Gasteiger partial charge >= 0.3 is 6.18 Å². The summed E-state index contributed by atoms with van der Waals surface area (Å²) in [6, 6.07) is 0.701. The summed E-state index contributed by atoms with van der Waals surface area (Å²) < 4.78 is 110. The van der Waals surface area contributed by atoms with Gasteiger partial charge in [0.05, 0.1) is 23.8 Å². The Morgan fingerprint density at radius 1 is 0.880 bits per heavy atom. The van der Waals surface area contributed by atoms with Crippen molar-refractivity contribution in [3.8, 4) is 5.75 Å². The van der Waals surface area contributed by atoms with Gasteiger partial charge in [0, 0.05) is 0 Å². The maximum absolute atomic E-state index is 13.8. The van der Waals surface area contributed by atoms with Crippen LogP contribution in [0.3, 0.4) is 0 Å². The number of carbonyl (C=O) groups excluding carboxylic acids is 1. The van der Waals surface area contributed by atoms with Crippen molar-refractivity contribution in [2.45, 2.75) is 6.18 Å². The van der Waals surface area contributed by atoms with Crippen LogP contribution < -0.4 is 4.74 Å². The second kappa shape index (κ2) is 6.34. The predicted octanol–water partition coefficient (Wildman–Crippen LogP) is 4.64. The molecule has 0 aliphatic rings. The average molecular weight is 370 g/mol. The Hall–Kier alpha value is -2.65. The zero-order valence-corrected chi connectivity index (χ0v) is 12.1. The molecule has 134 valence electrons. The normalized spacial score (nSPS) is 11.6. The highest BCUT2D eigenvalue weighted by Crippen LogP contribution is 2.38. The molecule has 10 heteroatoms. The number of hydrogen-bond acceptors (Lipinski definition) is 2. The standard InChI is InChI=1S/C15H6F8O2/c1-25-14-6(4-7(15(21,22)23)10(18)12(14)20)13(24)5-2-3-8(16)11(19)9(5)17/h2-4H,1H3. The fourth-order valence-electron chi connectivity index (χ4n) is 2.03. The van der Waals surface area contributed by atoms with Crippen molar-refractivity contribution >= 4 is 5.78 Å². The number of methoxy groups -OCH3 is 1. The van der Waals surface area contributed by atoms with E-state index in [0.717, 1.165) is 7.11 Å². The molecule has 2 aromatic rings. The largest absolute Gasteiger partial charge is 0.493 e. The summed E-state index contributed by atoms with van der Waals surface area (Å²) in [7, 11) is 0.726. The highest BCUT2D eigenvalue weighted by atomic mass is 19.4. The van der Waals surface area contributed by atoms with E-state index in [1.807, 2.05) is 0 Å². The van der Waals surface area contributed by atoms with Gasteiger partial charge in [-0.2, -0.15) is 17.6 Å². The summed E-state index contributed by atoms with van der Waals surface area (Å²) in [5.41, 5.74) is -4.54. The second-order valence-corrected chi connectivity index (χ2v) is 4.68. The number of carbonyl (C=O) groups is 1. The fourth-order valence-corrected chi connectivity index (χ4v) is 2.03. The fraction of sp³-hybridized carbons (Fsp3) is 0.133. The Balaban J connectivity index is 2.76. The van der Waals surface area contributed by atoms with E-state index in [4.69, 9.17) is 0 Å². The van der Waals surface area contributed by atoms with Crippen LogP contribution in [0.4, 0.5) is 35.1 Å². The van der Waals surface area contributed by atoms with Crippen molar-refractivity contribution in [2.24, 2.45) is 0 Å². The van der Waals surface area contributed by atoms with Crippen LogP contribution in [0.15, 0.2) is 18.2 Å². The van der Waals surface area contributed by atoms with Gasteiger partial charge in [0.25, 0.3) is 0 Å². The van der Waals surface area contributed by atoms with E-state index in [1.165, 1.54) is 0 Å². The number of benzene rings is 2. The third-order valence-corrected chi connectivity index (χ3v) is 3.20. The van der Waals surface area contributed by atoms with Gasteiger partial charge in [-0.1, -0.05) is 0 Å². The van der Waals surface area contributed by atoms with Crippen molar-refractivity contribution in [2.75, 3.05) is 7.11 Å². The first-order valence-electron chi connectivity index (χ1n) is 6.32. The maximum atomic E-state index is 13.8. The lowest BCUT2D eigenvalue weighted by atomic mass is 9.98. The molecule has 0 atom stereocenters. The molecule has 0 saturated carbocycles. The minimum absolute atomic E-state index is 0.0969. The molecule has 0 radical (unpaired) electrons. The first-order chi connectivity index (χ1) is 11.5. The van der Waals surface area contributed by atoms with Gasteiger partial charge in [-0.05, 0) is 18.2 Å². The van der Waals surface area contributed by atoms with Gasteiger partial charge in [-0.3, -0.25) is 4.79 Å². The van der Waals surface area contributed by atoms with Crippen LogP contribution in [0.5, 0.6) is 5.75 Å². The lowest BCUT2D eigenvalue weighted by Gasteiger charge is -2.15. The van der Waals surface area contributed by atoms with E-state index in [-0.39, 0.29) is 6.07 Å². The van der Waals surface area contributed by atoms with Crippen molar-refractivity contribution in [1.29, 1.82) is 0 Å². The monoisotopic (exact) mass is 370 g/mol. The van der Waals surface area contributed by atoms with Gasteiger partial charge in [0.15, 0.2) is 34.8 Å². The molecule has 25 heavy (non-hydrogen) atoms. The molecule has 0 spiro atoms. The van der Waals surface area contributed by atoms with E-state index in [2.05, 4.69) is 4.74 Å². The molecule has 0 unspecified atom stereocenters. The molecule has 2 aromatic carbocycles. The highest BCUT2D eigenvalue weighted by molar-refractivity contribution is 6.11. The van der Waals surface area contributed by atoms with Gasteiger partial charge < -0.3 is 4.74 Å². The SMILES string of the molecule is COc1c(C(=O)c2ccc(F)c(F)c2F)cc(C(F)(F)F)c(F)c1F. The van der Waals surface area contributed by atoms with Crippen molar-refractivity contribution in [3.63, 3.8) is 0 Å². The van der Waals surface area contributed by atoms with E-state index in [0.29, 0.717) is 12.1 Å². The molecule has 0 bridgehead atoms. The summed E-state index contributed by atoms with van der Waals surface area (Å²) in [4.78, 5) is 12.2. The van der Waals surface area contributed by atoms with Crippen LogP contribution in [0.25, 0.3) is 0 Å². The summed E-state index contributed by atoms with van der Waals surface area (Å²) in [6.07, 6.45) is -5.38. The molecule has 0 aromatic heterocycles. The molecule has 0 N–H and O–H groups in total. The zero-order valence-electron chi connectivity index (χ0n) is 12.1. The molecule has 2 nitrogen and oxygen atoms in total. The minimum atomic E-state index is -5.38. The molecule has 2 rings (SSSR count). The van der Waals surface area contributed by atoms with Crippen LogP contribution >= 0.6 is 0 Å². The van der Waals surface area contributed by atoms with Crippen LogP contribution in [0.2, 0.25) is 0 Å². The van der Waals surface area contributed by atoms with Crippen LogP contribution in [-0.2, 0) is 6.18 Å². The Morgan fingerprint density at radius 2 is 1.48 bits per heavy atom. The molecular weight excluding hydrogens is 364 g/mol. The number of halogens is 8. The van der Waals surface area contributed by atoms with E-state index in [9.17, 15) is 39.9 Å². The topological polar surface area (TPSA) is 26.3 Å². The van der Waals surface area contributed by atoms with Crippen molar-refractivity contribution in [1.82, 2.24) is 0 Å². The lowest BCUT2D eigenvalue weighted by molar-refractivity contribution is -0.140. The number of rotatable bonds is 3. The lowest BCUT2D eigenvalue weighted by Crippen LogP contribution is -2.16. The maximum Gasteiger partial charge on any atom is 0.419 e. The number of ketones is 1. The molecule has 0 aliphatic heterocycles. The predicted molar refractivity (Wildman–Crippen MR) is 67.7 cm³/mol. The van der Waals surface area contributed by atoms with E-state index < -0.39 is 63.5 Å². The zero-order chi connectivity index (χ0) is 19.1. The average Bonchev–Trinajstić information content (AvgIpc) is 2.53.